The molecule has 1 unspecified atom stereocenters. The lowest BCUT2D eigenvalue weighted by Gasteiger charge is -2.29. The van der Waals surface area contributed by atoms with Crippen molar-refractivity contribution in [1.82, 2.24) is 9.55 Å². The van der Waals surface area contributed by atoms with Crippen molar-refractivity contribution in [2.24, 2.45) is 0 Å². The highest BCUT2D eigenvalue weighted by atomic mass is 31.2. The number of nitrogens with zero attached hydrogens (tertiary/aromatic N) is 2. The molecule has 1 atom stereocenters. The van der Waals surface area contributed by atoms with Crippen LogP contribution in [0.2, 0.25) is 0 Å². The average Bonchev–Trinajstić information content (AvgIpc) is 3.61. The maximum atomic E-state index is 16.0. The Bertz CT molecular complexity index is 3220. The van der Waals surface area contributed by atoms with E-state index in [2.05, 4.69) is 150 Å². The van der Waals surface area contributed by atoms with E-state index in [1.165, 1.54) is 54.9 Å². The molecule has 0 amide bonds. The van der Waals surface area contributed by atoms with E-state index in [-0.39, 0.29) is 0 Å². The van der Waals surface area contributed by atoms with Crippen LogP contribution in [0.15, 0.2) is 194 Å². The maximum Gasteiger partial charge on any atom is 0.175 e. The molecule has 0 N–H and O–H groups in total. The van der Waals surface area contributed by atoms with Crippen LogP contribution in [0.3, 0.4) is 0 Å². The minimum atomic E-state index is -3.28. The SMILES string of the molecule is Cc1nc2cccc3c2n1-c1ccc(-c2ccc4c(-c5ccccc5)c5ccccc5c(-c5cccc(-c6ccccc6)c5)c4c2)cc1P3(=O)c1ccccc1. The second kappa shape index (κ2) is 12.6. The maximum absolute atomic E-state index is 16.0. The zero-order valence-corrected chi connectivity index (χ0v) is 31.6. The van der Waals surface area contributed by atoms with Gasteiger partial charge in [0.2, 0.25) is 0 Å². The molecule has 10 aromatic rings. The number of aryl methyl sites for hydroxylation is 1. The van der Waals surface area contributed by atoms with Crippen LogP contribution in [-0.4, -0.2) is 9.55 Å². The van der Waals surface area contributed by atoms with Gasteiger partial charge in [0, 0.05) is 15.9 Å². The highest BCUT2D eigenvalue weighted by molar-refractivity contribution is 7.86. The number of hydrogen-bond donors (Lipinski definition) is 0. The average molecular weight is 735 g/mol. The molecule has 0 radical (unpaired) electrons. The lowest BCUT2D eigenvalue weighted by Crippen LogP contribution is -2.33. The van der Waals surface area contributed by atoms with E-state index in [0.717, 1.165) is 49.6 Å². The Morgan fingerprint density at radius 3 is 1.73 bits per heavy atom. The highest BCUT2D eigenvalue weighted by Crippen LogP contribution is 2.51. The molecule has 9 aromatic carbocycles. The van der Waals surface area contributed by atoms with Gasteiger partial charge in [0.05, 0.1) is 16.7 Å². The lowest BCUT2D eigenvalue weighted by molar-refractivity contribution is 0.592. The number of rotatable bonds is 5. The van der Waals surface area contributed by atoms with Crippen LogP contribution in [-0.2, 0) is 4.57 Å². The van der Waals surface area contributed by atoms with E-state index in [9.17, 15) is 0 Å². The largest absolute Gasteiger partial charge is 0.308 e. The standard InChI is InChI=1S/C52H35N2OP/c1-34-53-46-25-14-26-48-52(46)54(34)47-30-28-39(33-49(47)56(48,55)41-21-9-4-10-22-41)38-27-29-44-45(32-38)51(40-20-13-19-37(31-40)35-15-5-2-6-16-35)43-24-12-11-23-42(43)50(44)36-17-7-3-8-18-36/h2-33H,1H3. The molecule has 0 spiro atoms. The van der Waals surface area contributed by atoms with Crippen molar-refractivity contribution in [2.45, 2.75) is 6.92 Å². The van der Waals surface area contributed by atoms with E-state index in [4.69, 9.17) is 4.98 Å². The molecule has 11 rings (SSSR count). The van der Waals surface area contributed by atoms with E-state index >= 15 is 4.57 Å². The first-order chi connectivity index (χ1) is 27.6. The van der Waals surface area contributed by atoms with Crippen molar-refractivity contribution < 1.29 is 4.57 Å². The van der Waals surface area contributed by atoms with Crippen LogP contribution in [0.25, 0.3) is 82.8 Å². The van der Waals surface area contributed by atoms with Crippen LogP contribution in [0.4, 0.5) is 0 Å². The Labute approximate surface area is 325 Å². The third kappa shape index (κ3) is 4.85. The fourth-order valence-corrected chi connectivity index (χ4v) is 12.1. The first-order valence-corrected chi connectivity index (χ1v) is 20.8. The highest BCUT2D eigenvalue weighted by Gasteiger charge is 2.39. The molecule has 0 saturated heterocycles. The summed E-state index contributed by atoms with van der Waals surface area (Å²) in [5.74, 6) is 0.883. The van der Waals surface area contributed by atoms with Crippen LogP contribution in [0.1, 0.15) is 5.82 Å². The van der Waals surface area contributed by atoms with Gasteiger partial charge >= 0.3 is 0 Å². The monoisotopic (exact) mass is 734 g/mol. The number of benzene rings is 9. The molecule has 1 aliphatic heterocycles. The predicted molar refractivity (Wildman–Crippen MR) is 236 cm³/mol. The smallest absolute Gasteiger partial charge is 0.175 e. The van der Waals surface area contributed by atoms with E-state index < -0.39 is 7.14 Å². The molecule has 4 heteroatoms. The topological polar surface area (TPSA) is 34.9 Å². The second-order valence-corrected chi connectivity index (χ2v) is 17.4. The summed E-state index contributed by atoms with van der Waals surface area (Å²) in [5, 5.41) is 7.29. The van der Waals surface area contributed by atoms with Gasteiger partial charge in [-0.1, -0.05) is 158 Å². The van der Waals surface area contributed by atoms with Crippen molar-refractivity contribution in [1.29, 1.82) is 0 Å². The summed E-state index contributed by atoms with van der Waals surface area (Å²) in [6.07, 6.45) is 0. The summed E-state index contributed by atoms with van der Waals surface area (Å²) in [6.45, 7) is 2.03. The van der Waals surface area contributed by atoms with Crippen molar-refractivity contribution in [3.8, 4) is 50.2 Å². The van der Waals surface area contributed by atoms with Crippen molar-refractivity contribution in [3.63, 3.8) is 0 Å². The molecule has 0 bridgehead atoms. The van der Waals surface area contributed by atoms with Crippen LogP contribution < -0.4 is 15.9 Å². The van der Waals surface area contributed by atoms with Gasteiger partial charge in [-0.2, -0.15) is 0 Å². The molecule has 264 valence electrons. The first kappa shape index (κ1) is 32.6. The molecule has 3 nitrogen and oxygen atoms in total. The molecule has 1 aliphatic rings. The summed E-state index contributed by atoms with van der Waals surface area (Å²) in [5.41, 5.74) is 12.0. The Morgan fingerprint density at radius 1 is 0.429 bits per heavy atom. The molecule has 0 fully saturated rings. The van der Waals surface area contributed by atoms with Gasteiger partial charge in [-0.15, -0.1) is 0 Å². The molecular formula is C52H35N2OP. The molecule has 2 heterocycles. The Balaban J connectivity index is 1.20. The van der Waals surface area contributed by atoms with Gasteiger partial charge in [0.1, 0.15) is 5.82 Å². The fraction of sp³-hybridized carbons (Fsp3) is 0.0192. The summed E-state index contributed by atoms with van der Waals surface area (Å²) in [6, 6.07) is 68.5. The molecular weight excluding hydrogens is 700 g/mol. The quantitative estimate of drug-likeness (QED) is 0.130. The number of fused-ring (bicyclic) bond motifs is 4. The molecule has 0 aliphatic carbocycles. The third-order valence-corrected chi connectivity index (χ3v) is 14.6. The summed E-state index contributed by atoms with van der Waals surface area (Å²) < 4.78 is 18.2. The predicted octanol–water partition coefficient (Wildman–Crippen LogP) is 12.3. The van der Waals surface area contributed by atoms with Gasteiger partial charge in [0.15, 0.2) is 7.14 Å². The fourth-order valence-electron chi connectivity index (χ4n) is 9.03. The number of hydrogen-bond acceptors (Lipinski definition) is 2. The number of imidazole rings is 1. The molecule has 56 heavy (non-hydrogen) atoms. The number of para-hydroxylation sites is 1. The molecule has 1 aromatic heterocycles. The van der Waals surface area contributed by atoms with Crippen LogP contribution in [0, 0.1) is 6.92 Å². The van der Waals surface area contributed by atoms with E-state index in [1.807, 2.05) is 55.5 Å². The second-order valence-electron chi connectivity index (χ2n) is 14.7. The third-order valence-electron chi connectivity index (χ3n) is 11.5. The zero-order chi connectivity index (χ0) is 37.4. The van der Waals surface area contributed by atoms with Gasteiger partial charge in [-0.3, -0.25) is 4.57 Å². The minimum absolute atomic E-state index is 0.828. The zero-order valence-electron chi connectivity index (χ0n) is 30.7. The van der Waals surface area contributed by atoms with E-state index in [1.54, 1.807) is 0 Å². The Morgan fingerprint density at radius 2 is 0.982 bits per heavy atom. The van der Waals surface area contributed by atoms with Crippen LogP contribution in [0.5, 0.6) is 0 Å². The van der Waals surface area contributed by atoms with Crippen molar-refractivity contribution in [3.05, 3.63) is 200 Å². The summed E-state index contributed by atoms with van der Waals surface area (Å²) >= 11 is 0. The normalized spacial score (nSPS) is 14.7. The molecule has 0 saturated carbocycles. The van der Waals surface area contributed by atoms with Crippen molar-refractivity contribution >= 4 is 55.6 Å². The van der Waals surface area contributed by atoms with Gasteiger partial charge in [0.25, 0.3) is 0 Å². The Hall–Kier alpha value is -6.80. The lowest BCUT2D eigenvalue weighted by atomic mass is 9.84. The first-order valence-electron chi connectivity index (χ1n) is 19.1. The van der Waals surface area contributed by atoms with Gasteiger partial charge < -0.3 is 4.57 Å². The van der Waals surface area contributed by atoms with Crippen LogP contribution >= 0.6 is 7.14 Å². The van der Waals surface area contributed by atoms with Gasteiger partial charge in [-0.05, 0) is 109 Å². The Kier molecular flexibility index (Phi) is 7.36. The summed E-state index contributed by atoms with van der Waals surface area (Å²) in [4.78, 5) is 4.92. The minimum Gasteiger partial charge on any atom is -0.308 e. The van der Waals surface area contributed by atoms with Gasteiger partial charge in [-0.25, -0.2) is 4.98 Å². The van der Waals surface area contributed by atoms with Crippen molar-refractivity contribution in [2.75, 3.05) is 0 Å². The summed E-state index contributed by atoms with van der Waals surface area (Å²) in [7, 11) is -3.28. The van der Waals surface area contributed by atoms with E-state index in [0.29, 0.717) is 0 Å². The number of aromatic nitrogens is 2.